The Balaban J connectivity index is 2.05. The van der Waals surface area contributed by atoms with E-state index in [4.69, 9.17) is 0 Å². The molecule has 0 bridgehead atoms. The number of anilines is 1. The van der Waals surface area contributed by atoms with Crippen LogP contribution in [0.15, 0.2) is 47.6 Å². The van der Waals surface area contributed by atoms with Crippen molar-refractivity contribution in [2.75, 3.05) is 5.43 Å². The summed E-state index contributed by atoms with van der Waals surface area (Å²) in [6, 6.07) is 14.2. The van der Waals surface area contributed by atoms with Crippen LogP contribution < -0.4 is 21.3 Å². The molecule has 2 rings (SSSR count). The van der Waals surface area contributed by atoms with Crippen LogP contribution in [0.25, 0.3) is 0 Å². The minimum atomic E-state index is 0.991. The average Bonchev–Trinajstić information content (AvgIpc) is 2.34. The molecular weight excluding hydrogens is 277 g/mol. The number of hydrazone groups is 1. The van der Waals surface area contributed by atoms with E-state index in [1.54, 1.807) is 0 Å². The van der Waals surface area contributed by atoms with Gasteiger partial charge >= 0.3 is 0 Å². The van der Waals surface area contributed by atoms with Gasteiger partial charge < -0.3 is 0 Å². The maximum atomic E-state index is 4.23. The van der Waals surface area contributed by atoms with Crippen LogP contribution in [0.5, 0.6) is 0 Å². The van der Waals surface area contributed by atoms with Gasteiger partial charge in [0.2, 0.25) is 0 Å². The highest BCUT2D eigenvalue weighted by Crippen LogP contribution is 2.07. The topological polar surface area (TPSA) is 24.4 Å². The molecule has 0 aromatic heterocycles. The zero-order chi connectivity index (χ0) is 13.0. The molecule has 18 heavy (non-hydrogen) atoms. The molecule has 0 heterocycles. The number of hydrogen-bond acceptors (Lipinski definition) is 2. The number of nitrogens with zero attached hydrogens (tertiary/aromatic N) is 1. The highest BCUT2D eigenvalue weighted by molar-refractivity contribution is 7.29. The third-order valence-electron chi connectivity index (χ3n) is 2.41. The first-order chi connectivity index (χ1) is 8.65. The number of benzene rings is 2. The molecule has 0 spiro atoms. The van der Waals surface area contributed by atoms with Crippen LogP contribution in [0.2, 0.25) is 0 Å². The van der Waals surface area contributed by atoms with Crippen molar-refractivity contribution >= 4 is 55.5 Å². The Bertz CT molecular complexity index is 565. The van der Waals surface area contributed by atoms with E-state index in [-0.39, 0.29) is 0 Å². The van der Waals surface area contributed by atoms with Gasteiger partial charge in [-0.05, 0) is 33.6 Å². The third-order valence-corrected chi connectivity index (χ3v) is 3.63. The van der Waals surface area contributed by atoms with Crippen LogP contribution in [-0.4, -0.2) is 6.21 Å². The summed E-state index contributed by atoms with van der Waals surface area (Å²) in [5.74, 6) is 0. The van der Waals surface area contributed by atoms with E-state index in [9.17, 15) is 0 Å². The summed E-state index contributed by atoms with van der Waals surface area (Å²) >= 11 is 0. The summed E-state index contributed by atoms with van der Waals surface area (Å²) in [7, 11) is 8.04. The average molecular weight is 292 g/mol. The highest BCUT2D eigenvalue weighted by Gasteiger charge is 1.96. The van der Waals surface area contributed by atoms with Gasteiger partial charge in [-0.2, -0.15) is 5.10 Å². The first kappa shape index (κ1) is 13.6. The van der Waals surface area contributed by atoms with E-state index >= 15 is 0 Å². The lowest BCUT2D eigenvalue weighted by Gasteiger charge is -2.05. The van der Waals surface area contributed by atoms with Gasteiger partial charge in [-0.25, -0.2) is 0 Å². The standard InChI is InChI=1S/C13H15N2P3/c16-10-3-1-9(2-4-10)8-14-15-12-6-5-11(17)7-13(12)18/h1-8,15H,16-18H2/b14-8+. The first-order valence-electron chi connectivity index (χ1n) is 5.45. The minimum Gasteiger partial charge on any atom is -0.278 e. The van der Waals surface area contributed by atoms with Gasteiger partial charge in [-0.3, -0.25) is 5.43 Å². The van der Waals surface area contributed by atoms with Gasteiger partial charge in [-0.15, -0.1) is 27.7 Å². The van der Waals surface area contributed by atoms with E-state index in [0.717, 1.165) is 21.9 Å². The van der Waals surface area contributed by atoms with Crippen molar-refractivity contribution in [3.8, 4) is 0 Å². The smallest absolute Gasteiger partial charge is 0.0633 e. The molecular formula is C13H15N2P3. The Morgan fingerprint density at radius 1 is 0.889 bits per heavy atom. The van der Waals surface area contributed by atoms with Crippen molar-refractivity contribution in [3.63, 3.8) is 0 Å². The van der Waals surface area contributed by atoms with Crippen LogP contribution in [0.4, 0.5) is 5.69 Å². The zero-order valence-corrected chi connectivity index (χ0v) is 13.3. The quantitative estimate of drug-likeness (QED) is 0.519. The second kappa shape index (κ2) is 6.39. The lowest BCUT2D eigenvalue weighted by atomic mass is 10.2. The monoisotopic (exact) mass is 292 g/mol. The molecule has 0 saturated heterocycles. The molecule has 0 fully saturated rings. The number of hydrogen-bond donors (Lipinski definition) is 1. The van der Waals surface area contributed by atoms with Crippen LogP contribution in [0.1, 0.15) is 5.56 Å². The van der Waals surface area contributed by atoms with Gasteiger partial charge in [0.25, 0.3) is 0 Å². The molecule has 2 aromatic carbocycles. The molecule has 0 aliphatic heterocycles. The number of rotatable bonds is 3. The highest BCUT2D eigenvalue weighted by atomic mass is 31.0. The Morgan fingerprint density at radius 2 is 1.56 bits per heavy atom. The molecule has 92 valence electrons. The van der Waals surface area contributed by atoms with Gasteiger partial charge in [0.15, 0.2) is 0 Å². The maximum absolute atomic E-state index is 4.23. The van der Waals surface area contributed by atoms with Crippen molar-refractivity contribution < 1.29 is 0 Å². The second-order valence-corrected chi connectivity index (χ2v) is 5.84. The lowest BCUT2D eigenvalue weighted by Crippen LogP contribution is -2.06. The minimum absolute atomic E-state index is 0.991. The van der Waals surface area contributed by atoms with Crippen LogP contribution >= 0.6 is 27.7 Å². The Labute approximate surface area is 114 Å². The SMILES string of the molecule is Pc1ccc(/C=N/Nc2ccc(P)cc2P)cc1. The van der Waals surface area contributed by atoms with Crippen molar-refractivity contribution in [2.24, 2.45) is 5.10 Å². The molecule has 0 aliphatic rings. The fourth-order valence-corrected chi connectivity index (χ4v) is 2.46. The predicted molar refractivity (Wildman–Crippen MR) is 92.1 cm³/mol. The molecule has 2 aromatic rings. The molecule has 0 aliphatic carbocycles. The molecule has 3 atom stereocenters. The maximum Gasteiger partial charge on any atom is 0.0633 e. The van der Waals surface area contributed by atoms with E-state index in [2.05, 4.69) is 44.3 Å². The predicted octanol–water partition coefficient (Wildman–Crippen LogP) is 1.63. The Hall–Kier alpha value is -0.800. The Kier molecular flexibility index (Phi) is 4.84. The zero-order valence-electron chi connectivity index (χ0n) is 9.80. The van der Waals surface area contributed by atoms with Crippen molar-refractivity contribution in [1.29, 1.82) is 0 Å². The molecule has 0 amide bonds. The van der Waals surface area contributed by atoms with Crippen molar-refractivity contribution in [3.05, 3.63) is 48.0 Å². The first-order valence-corrected chi connectivity index (χ1v) is 7.18. The molecule has 0 saturated carbocycles. The Morgan fingerprint density at radius 3 is 2.22 bits per heavy atom. The van der Waals surface area contributed by atoms with E-state index in [1.165, 1.54) is 5.30 Å². The van der Waals surface area contributed by atoms with Crippen LogP contribution in [0.3, 0.4) is 0 Å². The molecule has 3 unspecified atom stereocenters. The number of nitrogens with one attached hydrogen (secondary N) is 1. The largest absolute Gasteiger partial charge is 0.278 e. The third kappa shape index (κ3) is 3.85. The molecule has 2 nitrogen and oxygen atoms in total. The van der Waals surface area contributed by atoms with E-state index < -0.39 is 0 Å². The van der Waals surface area contributed by atoms with Gasteiger partial charge in [0.1, 0.15) is 0 Å². The summed E-state index contributed by atoms with van der Waals surface area (Å²) in [5, 5.41) is 7.65. The van der Waals surface area contributed by atoms with Crippen molar-refractivity contribution in [1.82, 2.24) is 0 Å². The molecule has 0 radical (unpaired) electrons. The molecule has 5 heteroatoms. The fraction of sp³-hybridized carbons (Fsp3) is 0. The van der Waals surface area contributed by atoms with Gasteiger partial charge in [0.05, 0.1) is 11.9 Å². The summed E-state index contributed by atoms with van der Waals surface area (Å²) in [6.07, 6.45) is 1.81. The lowest BCUT2D eigenvalue weighted by molar-refractivity contribution is 1.36. The van der Waals surface area contributed by atoms with Crippen molar-refractivity contribution in [2.45, 2.75) is 0 Å². The van der Waals surface area contributed by atoms with E-state index in [1.807, 2.05) is 42.6 Å². The van der Waals surface area contributed by atoms with E-state index in [0.29, 0.717) is 0 Å². The van der Waals surface area contributed by atoms with Crippen LogP contribution in [-0.2, 0) is 0 Å². The summed E-state index contributed by atoms with van der Waals surface area (Å²) in [4.78, 5) is 0. The fourth-order valence-electron chi connectivity index (χ4n) is 1.44. The normalized spacial score (nSPS) is 10.8. The van der Waals surface area contributed by atoms with Crippen LogP contribution in [0, 0.1) is 0 Å². The summed E-state index contributed by atoms with van der Waals surface area (Å²) < 4.78 is 0. The molecule has 1 N–H and O–H groups in total. The summed E-state index contributed by atoms with van der Waals surface area (Å²) in [5.41, 5.74) is 5.10. The second-order valence-electron chi connectivity index (χ2n) is 3.88. The van der Waals surface area contributed by atoms with Gasteiger partial charge in [-0.1, -0.05) is 30.3 Å². The summed E-state index contributed by atoms with van der Waals surface area (Å²) in [6.45, 7) is 0. The van der Waals surface area contributed by atoms with Gasteiger partial charge in [0, 0.05) is 0 Å².